The van der Waals surface area contributed by atoms with Crippen LogP contribution in [0.15, 0.2) is 72.6 Å². The Balaban J connectivity index is 1.96. The van der Waals surface area contributed by atoms with Crippen LogP contribution in [0.4, 0.5) is 5.69 Å². The number of carbonyl (C=O) groups is 3. The van der Waals surface area contributed by atoms with E-state index >= 15 is 0 Å². The van der Waals surface area contributed by atoms with E-state index < -0.39 is 23.7 Å². The predicted octanol–water partition coefficient (Wildman–Crippen LogP) is 4.25. The fourth-order valence-corrected chi connectivity index (χ4v) is 4.08. The zero-order chi connectivity index (χ0) is 23.7. The molecule has 1 unspecified atom stereocenters. The number of benzene rings is 2. The summed E-state index contributed by atoms with van der Waals surface area (Å²) in [5.41, 5.74) is 3.21. The number of hydrogen-bond donors (Lipinski definition) is 1. The van der Waals surface area contributed by atoms with Crippen LogP contribution in [0.1, 0.15) is 35.2 Å². The Morgan fingerprint density at radius 2 is 1.67 bits per heavy atom. The zero-order valence-electron chi connectivity index (χ0n) is 18.4. The van der Waals surface area contributed by atoms with E-state index in [0.29, 0.717) is 16.8 Å². The van der Waals surface area contributed by atoms with Gasteiger partial charge in [-0.25, -0.2) is 0 Å². The Kier molecular flexibility index (Phi) is 5.79. The topological polar surface area (TPSA) is 96.8 Å². The highest BCUT2D eigenvalue weighted by Gasteiger charge is 2.47. The van der Waals surface area contributed by atoms with Gasteiger partial charge < -0.3 is 9.84 Å². The Labute approximate surface area is 191 Å². The molecule has 1 atom stereocenters. The molecule has 2 heterocycles. The van der Waals surface area contributed by atoms with Crippen molar-refractivity contribution in [2.75, 3.05) is 4.90 Å². The molecule has 1 aromatic heterocycles. The summed E-state index contributed by atoms with van der Waals surface area (Å²) in [6.07, 6.45) is 2.98. The summed E-state index contributed by atoms with van der Waals surface area (Å²) in [4.78, 5) is 43.3. The second-order valence-corrected chi connectivity index (χ2v) is 7.92. The lowest BCUT2D eigenvalue weighted by Gasteiger charge is -2.26. The number of anilines is 1. The molecule has 1 fully saturated rings. The molecule has 7 heteroatoms. The molecule has 0 aliphatic carbocycles. The average molecular weight is 442 g/mol. The molecular formula is C26H22N2O5. The molecule has 0 spiro atoms. The maximum absolute atomic E-state index is 13.3. The van der Waals surface area contributed by atoms with E-state index in [1.807, 2.05) is 32.0 Å². The number of hydrogen-bond acceptors (Lipinski definition) is 6. The standard InChI is InChI=1S/C26H22N2O5/c1-15-11-16(2)13-20(12-15)28-23(19-5-4-6-21(14-19)33-17(3)29)22(25(31)26(28)32)24(30)18-7-9-27-10-8-18/h4-14,23,30H,1-3H3/b24-22+. The molecule has 1 amide bonds. The van der Waals surface area contributed by atoms with Crippen LogP contribution in [0, 0.1) is 13.8 Å². The molecule has 4 rings (SSSR count). The lowest BCUT2D eigenvalue weighted by Crippen LogP contribution is -2.29. The molecule has 0 bridgehead atoms. The normalized spacial score (nSPS) is 17.3. The molecule has 0 saturated carbocycles. The molecule has 166 valence electrons. The van der Waals surface area contributed by atoms with Crippen LogP contribution in [0.3, 0.4) is 0 Å². The molecular weight excluding hydrogens is 420 g/mol. The third-order valence-corrected chi connectivity index (χ3v) is 5.32. The number of ketones is 1. The monoisotopic (exact) mass is 442 g/mol. The third-order valence-electron chi connectivity index (χ3n) is 5.32. The van der Waals surface area contributed by atoms with Gasteiger partial charge in [0.15, 0.2) is 0 Å². The highest BCUT2D eigenvalue weighted by atomic mass is 16.5. The molecule has 2 aromatic carbocycles. The molecule has 7 nitrogen and oxygen atoms in total. The number of aliphatic hydroxyl groups is 1. The van der Waals surface area contributed by atoms with Gasteiger partial charge in [-0.3, -0.25) is 24.3 Å². The van der Waals surface area contributed by atoms with Gasteiger partial charge >= 0.3 is 5.97 Å². The van der Waals surface area contributed by atoms with Crippen molar-refractivity contribution in [1.29, 1.82) is 0 Å². The Morgan fingerprint density at radius 1 is 1.00 bits per heavy atom. The van der Waals surface area contributed by atoms with Crippen molar-refractivity contribution >= 4 is 29.1 Å². The Bertz CT molecular complexity index is 1280. The van der Waals surface area contributed by atoms with E-state index in [4.69, 9.17) is 4.74 Å². The largest absolute Gasteiger partial charge is 0.507 e. The van der Waals surface area contributed by atoms with Crippen LogP contribution < -0.4 is 9.64 Å². The number of pyridine rings is 1. The SMILES string of the molecule is CC(=O)Oc1cccc(C2/C(=C(\O)c3ccncc3)C(=O)C(=O)N2c2cc(C)cc(C)c2)c1. The van der Waals surface area contributed by atoms with Crippen molar-refractivity contribution in [2.24, 2.45) is 0 Å². The molecule has 3 aromatic rings. The van der Waals surface area contributed by atoms with E-state index in [1.165, 1.54) is 24.2 Å². The van der Waals surface area contributed by atoms with Gasteiger partial charge in [0.05, 0.1) is 11.6 Å². The summed E-state index contributed by atoms with van der Waals surface area (Å²) >= 11 is 0. The van der Waals surface area contributed by atoms with Gasteiger partial charge in [0.1, 0.15) is 11.5 Å². The molecule has 33 heavy (non-hydrogen) atoms. The Hall–Kier alpha value is -4.26. The lowest BCUT2D eigenvalue weighted by atomic mass is 9.95. The predicted molar refractivity (Wildman–Crippen MR) is 123 cm³/mol. The van der Waals surface area contributed by atoms with Crippen LogP contribution in [0.2, 0.25) is 0 Å². The van der Waals surface area contributed by atoms with E-state index in [1.54, 1.807) is 36.4 Å². The van der Waals surface area contributed by atoms with Crippen molar-refractivity contribution in [1.82, 2.24) is 4.98 Å². The first-order chi connectivity index (χ1) is 15.8. The van der Waals surface area contributed by atoms with E-state index in [2.05, 4.69) is 4.98 Å². The summed E-state index contributed by atoms with van der Waals surface area (Å²) < 4.78 is 5.21. The maximum atomic E-state index is 13.3. The summed E-state index contributed by atoms with van der Waals surface area (Å²) in [6, 6.07) is 14.4. The van der Waals surface area contributed by atoms with Crippen molar-refractivity contribution < 1.29 is 24.2 Å². The molecule has 1 saturated heterocycles. The maximum Gasteiger partial charge on any atom is 0.308 e. The zero-order valence-corrected chi connectivity index (χ0v) is 18.4. The molecule has 1 N–H and O–H groups in total. The van der Waals surface area contributed by atoms with Gasteiger partial charge in [-0.1, -0.05) is 18.2 Å². The third kappa shape index (κ3) is 4.25. The van der Waals surface area contributed by atoms with Gasteiger partial charge in [0.25, 0.3) is 11.7 Å². The summed E-state index contributed by atoms with van der Waals surface area (Å²) in [5.74, 6) is -2.07. The minimum Gasteiger partial charge on any atom is -0.507 e. The number of aliphatic hydroxyl groups excluding tert-OH is 1. The van der Waals surface area contributed by atoms with Crippen LogP contribution in [-0.2, 0) is 14.4 Å². The van der Waals surface area contributed by atoms with Crippen molar-refractivity contribution in [3.8, 4) is 5.75 Å². The number of ether oxygens (including phenoxy) is 1. The van der Waals surface area contributed by atoms with Crippen LogP contribution in [0.5, 0.6) is 5.75 Å². The van der Waals surface area contributed by atoms with Gasteiger partial charge in [-0.2, -0.15) is 0 Å². The minimum atomic E-state index is -0.921. The van der Waals surface area contributed by atoms with Gasteiger partial charge in [0.2, 0.25) is 0 Å². The van der Waals surface area contributed by atoms with Gasteiger partial charge in [-0.15, -0.1) is 0 Å². The van der Waals surface area contributed by atoms with Crippen LogP contribution in [-0.4, -0.2) is 27.8 Å². The number of rotatable bonds is 4. The first-order valence-electron chi connectivity index (χ1n) is 10.3. The molecule has 1 aliphatic heterocycles. The first kappa shape index (κ1) is 22.0. The smallest absolute Gasteiger partial charge is 0.308 e. The second-order valence-electron chi connectivity index (χ2n) is 7.92. The summed E-state index contributed by atoms with van der Waals surface area (Å²) in [5, 5.41) is 11.1. The average Bonchev–Trinajstić information content (AvgIpc) is 3.03. The van der Waals surface area contributed by atoms with E-state index in [0.717, 1.165) is 11.1 Å². The van der Waals surface area contributed by atoms with E-state index in [-0.39, 0.29) is 17.1 Å². The number of aromatic nitrogens is 1. The van der Waals surface area contributed by atoms with Crippen LogP contribution >= 0.6 is 0 Å². The van der Waals surface area contributed by atoms with Crippen molar-refractivity contribution in [3.63, 3.8) is 0 Å². The quantitative estimate of drug-likeness (QED) is 0.213. The number of Topliss-reactive ketones (excluding diaryl/α,β-unsaturated/α-hetero) is 1. The highest BCUT2D eigenvalue weighted by molar-refractivity contribution is 6.51. The summed E-state index contributed by atoms with van der Waals surface area (Å²) in [6.45, 7) is 5.10. The van der Waals surface area contributed by atoms with Gasteiger partial charge in [0, 0.05) is 30.6 Å². The Morgan fingerprint density at radius 3 is 2.30 bits per heavy atom. The molecule has 0 radical (unpaired) electrons. The first-order valence-corrected chi connectivity index (χ1v) is 10.3. The number of aryl methyl sites for hydroxylation is 2. The van der Waals surface area contributed by atoms with Crippen molar-refractivity contribution in [3.05, 3.63) is 94.8 Å². The summed E-state index contributed by atoms with van der Waals surface area (Å²) in [7, 11) is 0. The number of amides is 1. The number of carbonyl (C=O) groups excluding carboxylic acids is 3. The highest BCUT2D eigenvalue weighted by Crippen LogP contribution is 2.43. The second kappa shape index (κ2) is 8.70. The molecule has 1 aliphatic rings. The fourth-order valence-electron chi connectivity index (χ4n) is 4.08. The van der Waals surface area contributed by atoms with Gasteiger partial charge in [-0.05, 0) is 66.9 Å². The number of nitrogens with zero attached hydrogens (tertiary/aromatic N) is 2. The van der Waals surface area contributed by atoms with Crippen LogP contribution in [0.25, 0.3) is 5.76 Å². The minimum absolute atomic E-state index is 0.0506. The lowest BCUT2D eigenvalue weighted by molar-refractivity contribution is -0.132. The number of esters is 1. The van der Waals surface area contributed by atoms with E-state index in [9.17, 15) is 19.5 Å². The fraction of sp³-hybridized carbons (Fsp3) is 0.154. The van der Waals surface area contributed by atoms with Crippen molar-refractivity contribution in [2.45, 2.75) is 26.8 Å².